The normalized spacial score (nSPS) is 11.4. The molecule has 0 aliphatic rings. The number of aromatic carboxylic acids is 1. The van der Waals surface area contributed by atoms with Gasteiger partial charge in [-0.2, -0.15) is 13.2 Å². The average Bonchev–Trinajstić information content (AvgIpc) is 2.45. The lowest BCUT2D eigenvalue weighted by Crippen LogP contribution is -2.06. The van der Waals surface area contributed by atoms with E-state index < -0.39 is 17.7 Å². The summed E-state index contributed by atoms with van der Waals surface area (Å²) in [5, 5.41) is 9.67. The van der Waals surface area contributed by atoms with Crippen LogP contribution in [0.15, 0.2) is 42.5 Å². The molecule has 0 bridgehead atoms. The maximum absolute atomic E-state index is 12.5. The van der Waals surface area contributed by atoms with Gasteiger partial charge in [-0.05, 0) is 28.8 Å². The minimum absolute atomic E-state index is 0.0918. The highest BCUT2D eigenvalue weighted by Gasteiger charge is 2.30. The predicted molar refractivity (Wildman–Crippen MR) is 76.5 cm³/mol. The number of carbonyl (C=O) groups is 1. The molecular formula is C15H10BrF3O2. The van der Waals surface area contributed by atoms with Crippen molar-refractivity contribution in [2.75, 3.05) is 0 Å². The van der Waals surface area contributed by atoms with Crippen LogP contribution >= 0.6 is 15.9 Å². The molecule has 0 aromatic heterocycles. The van der Waals surface area contributed by atoms with Crippen LogP contribution < -0.4 is 0 Å². The van der Waals surface area contributed by atoms with Crippen LogP contribution in [0.4, 0.5) is 13.2 Å². The Morgan fingerprint density at radius 2 is 1.71 bits per heavy atom. The van der Waals surface area contributed by atoms with Crippen molar-refractivity contribution in [3.05, 3.63) is 59.2 Å². The summed E-state index contributed by atoms with van der Waals surface area (Å²) in [7, 11) is 0. The SMILES string of the molecule is O=C(O)c1c(CBr)cccc1-c1ccc(C(F)(F)F)cc1. The predicted octanol–water partition coefficient (Wildman–Crippen LogP) is 4.97. The molecule has 2 rings (SSSR count). The second-order valence-corrected chi connectivity index (χ2v) is 4.91. The molecule has 2 nitrogen and oxygen atoms in total. The summed E-state index contributed by atoms with van der Waals surface area (Å²) >= 11 is 3.21. The highest BCUT2D eigenvalue weighted by Crippen LogP contribution is 2.32. The molecule has 21 heavy (non-hydrogen) atoms. The summed E-state index contributed by atoms with van der Waals surface area (Å²) in [6, 6.07) is 9.37. The third-order valence-corrected chi connectivity index (χ3v) is 3.64. The van der Waals surface area contributed by atoms with Gasteiger partial charge in [-0.25, -0.2) is 4.79 Å². The largest absolute Gasteiger partial charge is 0.478 e. The molecule has 0 fully saturated rings. The fourth-order valence-electron chi connectivity index (χ4n) is 2.04. The summed E-state index contributed by atoms with van der Waals surface area (Å²) in [6.07, 6.45) is -4.41. The minimum atomic E-state index is -4.41. The second kappa shape index (κ2) is 5.89. The third kappa shape index (κ3) is 3.26. The Bertz CT molecular complexity index is 664. The highest BCUT2D eigenvalue weighted by atomic mass is 79.9. The summed E-state index contributed by atoms with van der Waals surface area (Å²) in [5.41, 5.74) is 0.727. The zero-order valence-corrected chi connectivity index (χ0v) is 12.2. The van der Waals surface area contributed by atoms with E-state index in [-0.39, 0.29) is 5.56 Å². The Labute approximate surface area is 127 Å². The van der Waals surface area contributed by atoms with Gasteiger partial charge in [-0.1, -0.05) is 46.3 Å². The third-order valence-electron chi connectivity index (χ3n) is 3.03. The molecule has 1 N–H and O–H groups in total. The lowest BCUT2D eigenvalue weighted by molar-refractivity contribution is -0.137. The first-order valence-electron chi connectivity index (χ1n) is 5.93. The Balaban J connectivity index is 2.54. The standard InChI is InChI=1S/C15H10BrF3O2/c16-8-10-2-1-3-12(13(10)14(20)21)9-4-6-11(7-5-9)15(17,18)19/h1-7H,8H2,(H,20,21). The van der Waals surface area contributed by atoms with Crippen LogP contribution in [0.1, 0.15) is 21.5 Å². The quantitative estimate of drug-likeness (QED) is 0.786. The molecule has 0 aliphatic heterocycles. The lowest BCUT2D eigenvalue weighted by atomic mass is 9.95. The van der Waals surface area contributed by atoms with Gasteiger partial charge in [0.25, 0.3) is 0 Å². The molecule has 0 unspecified atom stereocenters. The van der Waals surface area contributed by atoms with Crippen LogP contribution in [0.3, 0.4) is 0 Å². The monoisotopic (exact) mass is 358 g/mol. The van der Waals surface area contributed by atoms with Crippen molar-refractivity contribution in [2.24, 2.45) is 0 Å². The van der Waals surface area contributed by atoms with Crippen LogP contribution in [0, 0.1) is 0 Å². The number of alkyl halides is 4. The molecule has 0 radical (unpaired) electrons. The smallest absolute Gasteiger partial charge is 0.416 e. The van der Waals surface area contributed by atoms with Gasteiger partial charge in [0, 0.05) is 5.33 Å². The molecule has 0 amide bonds. The zero-order chi connectivity index (χ0) is 15.6. The fraction of sp³-hybridized carbons (Fsp3) is 0.133. The van der Waals surface area contributed by atoms with Gasteiger partial charge >= 0.3 is 12.1 Å². The summed E-state index contributed by atoms with van der Waals surface area (Å²) in [5.74, 6) is -1.11. The van der Waals surface area contributed by atoms with Gasteiger partial charge in [0.2, 0.25) is 0 Å². The lowest BCUT2D eigenvalue weighted by Gasteiger charge is -2.12. The first-order chi connectivity index (χ1) is 9.84. The van der Waals surface area contributed by atoms with Crippen LogP contribution in [-0.4, -0.2) is 11.1 Å². The molecule has 0 saturated carbocycles. The summed E-state index contributed by atoms with van der Waals surface area (Å²) in [4.78, 5) is 11.4. The molecule has 0 heterocycles. The van der Waals surface area contributed by atoms with E-state index >= 15 is 0 Å². The fourth-order valence-corrected chi connectivity index (χ4v) is 2.51. The van der Waals surface area contributed by atoms with Gasteiger partial charge in [0.05, 0.1) is 11.1 Å². The number of carboxylic acid groups (broad SMARTS) is 1. The van der Waals surface area contributed by atoms with E-state index in [1.54, 1.807) is 18.2 Å². The first kappa shape index (κ1) is 15.6. The summed E-state index contributed by atoms with van der Waals surface area (Å²) in [6.45, 7) is 0. The number of benzene rings is 2. The van der Waals surface area contributed by atoms with Crippen molar-refractivity contribution in [3.8, 4) is 11.1 Å². The first-order valence-corrected chi connectivity index (χ1v) is 7.05. The second-order valence-electron chi connectivity index (χ2n) is 4.35. The molecule has 2 aromatic carbocycles. The van der Waals surface area contributed by atoms with E-state index in [4.69, 9.17) is 0 Å². The molecular weight excluding hydrogens is 349 g/mol. The molecule has 2 aromatic rings. The molecule has 0 saturated heterocycles. The molecule has 6 heteroatoms. The van der Waals surface area contributed by atoms with Crippen molar-refractivity contribution in [2.45, 2.75) is 11.5 Å². The maximum atomic E-state index is 12.5. The van der Waals surface area contributed by atoms with Gasteiger partial charge in [0.15, 0.2) is 0 Å². The Morgan fingerprint density at radius 1 is 1.10 bits per heavy atom. The van der Waals surface area contributed by atoms with Crippen LogP contribution in [0.25, 0.3) is 11.1 Å². The van der Waals surface area contributed by atoms with Crippen LogP contribution in [-0.2, 0) is 11.5 Å². The van der Waals surface area contributed by atoms with Crippen molar-refractivity contribution >= 4 is 21.9 Å². The van der Waals surface area contributed by atoms with E-state index in [0.29, 0.717) is 22.0 Å². The maximum Gasteiger partial charge on any atom is 0.416 e. The van der Waals surface area contributed by atoms with Crippen LogP contribution in [0.5, 0.6) is 0 Å². The van der Waals surface area contributed by atoms with Crippen molar-refractivity contribution < 1.29 is 23.1 Å². The van der Waals surface area contributed by atoms with Crippen molar-refractivity contribution in [3.63, 3.8) is 0 Å². The Hall–Kier alpha value is -1.82. The minimum Gasteiger partial charge on any atom is -0.478 e. The molecule has 0 aliphatic carbocycles. The number of carboxylic acids is 1. The van der Waals surface area contributed by atoms with Gasteiger partial charge in [-0.15, -0.1) is 0 Å². The zero-order valence-electron chi connectivity index (χ0n) is 10.6. The average molecular weight is 359 g/mol. The molecule has 110 valence electrons. The topological polar surface area (TPSA) is 37.3 Å². The van der Waals surface area contributed by atoms with Crippen molar-refractivity contribution in [1.82, 2.24) is 0 Å². The number of hydrogen-bond acceptors (Lipinski definition) is 1. The van der Waals surface area contributed by atoms with Gasteiger partial charge in [0.1, 0.15) is 0 Å². The highest BCUT2D eigenvalue weighted by molar-refractivity contribution is 9.08. The van der Waals surface area contributed by atoms with Crippen molar-refractivity contribution in [1.29, 1.82) is 0 Å². The Morgan fingerprint density at radius 3 is 2.19 bits per heavy atom. The number of halogens is 4. The van der Waals surface area contributed by atoms with Gasteiger partial charge < -0.3 is 5.11 Å². The summed E-state index contributed by atoms with van der Waals surface area (Å²) < 4.78 is 37.6. The van der Waals surface area contributed by atoms with Crippen LogP contribution in [0.2, 0.25) is 0 Å². The van der Waals surface area contributed by atoms with Gasteiger partial charge in [-0.3, -0.25) is 0 Å². The van der Waals surface area contributed by atoms with E-state index in [9.17, 15) is 23.1 Å². The molecule has 0 atom stereocenters. The Kier molecular flexibility index (Phi) is 4.37. The van der Waals surface area contributed by atoms with E-state index in [1.807, 2.05) is 0 Å². The number of hydrogen-bond donors (Lipinski definition) is 1. The molecule has 0 spiro atoms. The van der Waals surface area contributed by atoms with E-state index in [1.165, 1.54) is 12.1 Å². The number of rotatable bonds is 3. The van der Waals surface area contributed by atoms with E-state index in [0.717, 1.165) is 12.1 Å². The van der Waals surface area contributed by atoms with E-state index in [2.05, 4.69) is 15.9 Å².